The number of aryl methyl sites for hydroxylation is 3. The Labute approximate surface area is 189 Å². The molecule has 0 atom stereocenters. The number of likely N-dealkylation sites (N-methyl/N-ethyl adjacent to an activating group) is 1. The van der Waals surface area contributed by atoms with Crippen molar-refractivity contribution in [3.8, 4) is 5.69 Å². The van der Waals surface area contributed by atoms with E-state index in [0.717, 1.165) is 34.3 Å². The minimum absolute atomic E-state index is 0.101. The average molecular weight is 438 g/mol. The van der Waals surface area contributed by atoms with Crippen LogP contribution in [0.2, 0.25) is 0 Å². The Morgan fingerprint density at radius 3 is 2.45 bits per heavy atom. The smallest absolute Gasteiger partial charge is 0.233 e. The molecule has 31 heavy (non-hydrogen) atoms. The summed E-state index contributed by atoms with van der Waals surface area (Å²) in [5.74, 6) is 1.24. The van der Waals surface area contributed by atoms with Crippen molar-refractivity contribution in [3.05, 3.63) is 71.0 Å². The molecule has 164 valence electrons. The van der Waals surface area contributed by atoms with Gasteiger partial charge in [-0.1, -0.05) is 54.2 Å². The lowest BCUT2D eigenvalue weighted by Gasteiger charge is -2.24. The number of thioether (sulfide) groups is 1. The maximum absolute atomic E-state index is 13.1. The first kappa shape index (κ1) is 23.0. The monoisotopic (exact) mass is 437 g/mol. The summed E-state index contributed by atoms with van der Waals surface area (Å²) in [4.78, 5) is 17.2. The molecule has 0 aliphatic heterocycles. The lowest BCUT2D eigenvalue weighted by atomic mass is 10.1. The van der Waals surface area contributed by atoms with Crippen LogP contribution in [0.5, 0.6) is 0 Å². The Bertz CT molecular complexity index is 1020. The van der Waals surface area contributed by atoms with Gasteiger partial charge in [0.05, 0.1) is 11.4 Å². The molecule has 0 bridgehead atoms. The van der Waals surface area contributed by atoms with Crippen LogP contribution in [-0.4, -0.2) is 63.4 Å². The van der Waals surface area contributed by atoms with Crippen LogP contribution >= 0.6 is 11.8 Å². The highest BCUT2D eigenvalue weighted by molar-refractivity contribution is 7.99. The zero-order valence-corrected chi connectivity index (χ0v) is 19.8. The number of carbonyl (C=O) groups is 1. The number of benzene rings is 2. The molecule has 0 saturated carbocycles. The van der Waals surface area contributed by atoms with Crippen LogP contribution in [0.1, 0.15) is 22.5 Å². The normalized spacial score (nSPS) is 11.2. The molecule has 0 aliphatic rings. The largest absolute Gasteiger partial charge is 0.336 e. The van der Waals surface area contributed by atoms with E-state index >= 15 is 0 Å². The molecular weight excluding hydrogens is 406 g/mol. The number of amides is 1. The van der Waals surface area contributed by atoms with Gasteiger partial charge in [0.15, 0.2) is 5.16 Å². The second kappa shape index (κ2) is 10.6. The summed E-state index contributed by atoms with van der Waals surface area (Å²) >= 11 is 1.44. The highest BCUT2D eigenvalue weighted by Gasteiger charge is 2.19. The third kappa shape index (κ3) is 6.18. The van der Waals surface area contributed by atoms with Crippen LogP contribution in [0.25, 0.3) is 5.69 Å². The first-order valence-electron chi connectivity index (χ1n) is 10.4. The number of hydrogen-bond donors (Lipinski definition) is 0. The number of carbonyl (C=O) groups excluding carboxylic acids is 1. The van der Waals surface area contributed by atoms with Gasteiger partial charge >= 0.3 is 0 Å². The maximum Gasteiger partial charge on any atom is 0.233 e. The van der Waals surface area contributed by atoms with Gasteiger partial charge in [-0.25, -0.2) is 0 Å². The molecule has 0 saturated heterocycles. The van der Waals surface area contributed by atoms with Gasteiger partial charge in [-0.05, 0) is 57.6 Å². The van der Waals surface area contributed by atoms with E-state index < -0.39 is 0 Å². The summed E-state index contributed by atoms with van der Waals surface area (Å²) in [6.45, 7) is 8.21. The number of hydrogen-bond acceptors (Lipinski definition) is 5. The van der Waals surface area contributed by atoms with Gasteiger partial charge in [0, 0.05) is 19.6 Å². The predicted octanol–water partition coefficient (Wildman–Crippen LogP) is 3.88. The molecule has 0 N–H and O–H groups in total. The van der Waals surface area contributed by atoms with E-state index in [2.05, 4.69) is 59.3 Å². The summed E-state index contributed by atoms with van der Waals surface area (Å²) in [5, 5.41) is 9.37. The van der Waals surface area contributed by atoms with E-state index in [0.29, 0.717) is 18.8 Å². The predicted molar refractivity (Wildman–Crippen MR) is 127 cm³/mol. The first-order chi connectivity index (χ1) is 14.8. The first-order valence-corrected chi connectivity index (χ1v) is 11.4. The van der Waals surface area contributed by atoms with Crippen molar-refractivity contribution >= 4 is 17.7 Å². The van der Waals surface area contributed by atoms with Crippen LogP contribution < -0.4 is 0 Å². The van der Waals surface area contributed by atoms with Crippen molar-refractivity contribution in [2.24, 2.45) is 0 Å². The summed E-state index contributed by atoms with van der Waals surface area (Å²) in [6.07, 6.45) is 0. The Morgan fingerprint density at radius 1 is 1.00 bits per heavy atom. The second-order valence-corrected chi connectivity index (χ2v) is 8.99. The van der Waals surface area contributed by atoms with Crippen molar-refractivity contribution < 1.29 is 4.79 Å². The Balaban J connectivity index is 1.75. The Morgan fingerprint density at radius 2 is 1.74 bits per heavy atom. The molecule has 1 aromatic heterocycles. The fraction of sp³-hybridized carbons (Fsp3) is 0.375. The van der Waals surface area contributed by atoms with Crippen LogP contribution in [0.15, 0.2) is 53.7 Å². The van der Waals surface area contributed by atoms with Crippen LogP contribution in [0, 0.1) is 20.8 Å². The summed E-state index contributed by atoms with van der Waals surface area (Å²) in [7, 11) is 4.05. The SMILES string of the molecule is Cc1ccc(C)c(-n2c(C)nnc2SCC(=O)N(CCN(C)C)Cc2ccccc2)c1. The average Bonchev–Trinajstić information content (AvgIpc) is 3.11. The Hall–Kier alpha value is -2.64. The molecule has 2 aromatic carbocycles. The van der Waals surface area contributed by atoms with E-state index in [9.17, 15) is 4.79 Å². The van der Waals surface area contributed by atoms with E-state index in [4.69, 9.17) is 0 Å². The van der Waals surface area contributed by atoms with Gasteiger partial charge < -0.3 is 9.80 Å². The topological polar surface area (TPSA) is 54.3 Å². The Kier molecular flexibility index (Phi) is 7.87. The van der Waals surface area contributed by atoms with Gasteiger partial charge in [0.1, 0.15) is 5.82 Å². The van der Waals surface area contributed by atoms with Crippen LogP contribution in [0.3, 0.4) is 0 Å². The zero-order valence-electron chi connectivity index (χ0n) is 19.0. The van der Waals surface area contributed by atoms with E-state index in [-0.39, 0.29) is 5.91 Å². The standard InChI is InChI=1S/C24H31N5OS/c1-18-11-12-19(2)22(15-18)29-20(3)25-26-24(29)31-17-23(30)28(14-13-27(4)5)16-21-9-7-6-8-10-21/h6-12,15H,13-14,16-17H2,1-5H3. The number of aromatic nitrogens is 3. The maximum atomic E-state index is 13.1. The molecule has 0 radical (unpaired) electrons. The van der Waals surface area contributed by atoms with E-state index in [1.165, 1.54) is 17.3 Å². The minimum atomic E-state index is 0.101. The molecule has 6 nitrogen and oxygen atoms in total. The fourth-order valence-corrected chi connectivity index (χ4v) is 4.20. The third-order valence-corrected chi connectivity index (χ3v) is 6.03. The third-order valence-electron chi connectivity index (χ3n) is 5.11. The zero-order chi connectivity index (χ0) is 22.4. The van der Waals surface area contributed by atoms with Gasteiger partial charge in [-0.2, -0.15) is 0 Å². The summed E-state index contributed by atoms with van der Waals surface area (Å²) in [6, 6.07) is 16.5. The fourth-order valence-electron chi connectivity index (χ4n) is 3.31. The summed E-state index contributed by atoms with van der Waals surface area (Å²) in [5.41, 5.74) is 4.53. The second-order valence-electron chi connectivity index (χ2n) is 8.05. The molecule has 3 aromatic rings. The lowest BCUT2D eigenvalue weighted by Crippen LogP contribution is -2.37. The molecule has 1 amide bonds. The molecular formula is C24H31N5OS. The van der Waals surface area contributed by atoms with Crippen molar-refractivity contribution in [2.45, 2.75) is 32.5 Å². The lowest BCUT2D eigenvalue weighted by molar-refractivity contribution is -0.129. The molecule has 0 fully saturated rings. The van der Waals surface area contributed by atoms with Gasteiger partial charge in [0.25, 0.3) is 0 Å². The summed E-state index contributed by atoms with van der Waals surface area (Å²) < 4.78 is 2.04. The quantitative estimate of drug-likeness (QED) is 0.476. The number of rotatable bonds is 9. The highest BCUT2D eigenvalue weighted by atomic mass is 32.2. The highest BCUT2D eigenvalue weighted by Crippen LogP contribution is 2.25. The molecule has 7 heteroatoms. The van der Waals surface area contributed by atoms with Gasteiger partial charge in [-0.15, -0.1) is 10.2 Å². The van der Waals surface area contributed by atoms with Gasteiger partial charge in [-0.3, -0.25) is 9.36 Å². The van der Waals surface area contributed by atoms with Gasteiger partial charge in [0.2, 0.25) is 5.91 Å². The minimum Gasteiger partial charge on any atom is -0.336 e. The van der Waals surface area contributed by atoms with Crippen molar-refractivity contribution in [2.75, 3.05) is 32.9 Å². The van der Waals surface area contributed by atoms with E-state index in [1.807, 2.05) is 48.7 Å². The molecule has 0 spiro atoms. The van der Waals surface area contributed by atoms with Crippen molar-refractivity contribution in [1.29, 1.82) is 0 Å². The van der Waals surface area contributed by atoms with E-state index in [1.54, 1.807) is 0 Å². The molecule has 1 heterocycles. The van der Waals surface area contributed by atoms with Crippen LogP contribution in [-0.2, 0) is 11.3 Å². The van der Waals surface area contributed by atoms with Crippen molar-refractivity contribution in [1.82, 2.24) is 24.6 Å². The molecule has 3 rings (SSSR count). The molecule has 0 unspecified atom stereocenters. The van der Waals surface area contributed by atoms with Crippen molar-refractivity contribution in [3.63, 3.8) is 0 Å². The number of nitrogens with zero attached hydrogens (tertiary/aromatic N) is 5. The molecule has 0 aliphatic carbocycles. The van der Waals surface area contributed by atoms with Crippen LogP contribution in [0.4, 0.5) is 0 Å².